The van der Waals surface area contributed by atoms with Gasteiger partial charge in [-0.15, -0.1) is 0 Å². The molecular weight excluding hydrogens is 424 g/mol. The Morgan fingerprint density at radius 1 is 0.824 bits per heavy atom. The summed E-state index contributed by atoms with van der Waals surface area (Å²) in [6, 6.07) is 0. The van der Waals surface area contributed by atoms with E-state index in [0.717, 1.165) is 44.9 Å². The van der Waals surface area contributed by atoms with Crippen molar-refractivity contribution < 1.29 is 20.4 Å². The standard InChI is InChI=1S/C30H52O4/c1-25(2,33)13-9-14-30(8,34)19-10-16-29(7)24(19)20(31)18-22-27(5)15-12-23(32)26(3,4)21(27)11-17-28(22,29)6/h9,13,19-24,31-34H,10-12,14-18H2,1-8H3/t19-,20+,21?,22+,23+,24+,27-,28+,29-,30-/m0/s1. The first-order valence-electron chi connectivity index (χ1n) is 13.9. The van der Waals surface area contributed by atoms with E-state index in [1.54, 1.807) is 19.9 Å². The Balaban J connectivity index is 1.66. The lowest BCUT2D eigenvalue weighted by Crippen LogP contribution is -2.66. The summed E-state index contributed by atoms with van der Waals surface area (Å²) in [6.45, 7) is 17.3. The maximum absolute atomic E-state index is 11.8. The molecule has 1 unspecified atom stereocenters. The van der Waals surface area contributed by atoms with Gasteiger partial charge in [-0.1, -0.05) is 46.8 Å². The van der Waals surface area contributed by atoms with Crippen LogP contribution in [0, 0.1) is 45.3 Å². The van der Waals surface area contributed by atoms with Gasteiger partial charge in [-0.3, -0.25) is 0 Å². The fraction of sp³-hybridized carbons (Fsp3) is 0.933. The number of hydrogen-bond acceptors (Lipinski definition) is 4. The summed E-state index contributed by atoms with van der Waals surface area (Å²) < 4.78 is 0. The molecule has 4 fully saturated rings. The van der Waals surface area contributed by atoms with Gasteiger partial charge in [0.1, 0.15) is 0 Å². The van der Waals surface area contributed by atoms with Crippen molar-refractivity contribution >= 4 is 0 Å². The van der Waals surface area contributed by atoms with Crippen LogP contribution in [0.5, 0.6) is 0 Å². The molecule has 196 valence electrons. The van der Waals surface area contributed by atoms with Crippen LogP contribution in [-0.4, -0.2) is 43.8 Å². The summed E-state index contributed by atoms with van der Waals surface area (Å²) in [5.74, 6) is 1.04. The molecule has 0 saturated heterocycles. The maximum atomic E-state index is 11.8. The third-order valence-electron chi connectivity index (χ3n) is 12.2. The highest BCUT2D eigenvalue weighted by Crippen LogP contribution is 2.75. The largest absolute Gasteiger partial charge is 0.393 e. The third-order valence-corrected chi connectivity index (χ3v) is 12.2. The molecule has 0 aromatic carbocycles. The van der Waals surface area contributed by atoms with Crippen LogP contribution in [0.2, 0.25) is 0 Å². The molecule has 10 atom stereocenters. The molecule has 0 radical (unpaired) electrons. The minimum Gasteiger partial charge on any atom is -0.393 e. The van der Waals surface area contributed by atoms with Crippen molar-refractivity contribution in [1.82, 2.24) is 0 Å². The summed E-state index contributed by atoms with van der Waals surface area (Å²) in [4.78, 5) is 0. The summed E-state index contributed by atoms with van der Waals surface area (Å²) in [7, 11) is 0. The van der Waals surface area contributed by atoms with Gasteiger partial charge in [0, 0.05) is 0 Å². The molecule has 0 amide bonds. The minimum absolute atomic E-state index is 0.0157. The van der Waals surface area contributed by atoms with Crippen LogP contribution < -0.4 is 0 Å². The smallest absolute Gasteiger partial charge is 0.0771 e. The molecule has 4 rings (SSSR count). The molecule has 0 aromatic heterocycles. The van der Waals surface area contributed by atoms with Crippen molar-refractivity contribution in [2.45, 2.75) is 130 Å². The topological polar surface area (TPSA) is 80.9 Å². The van der Waals surface area contributed by atoms with Crippen LogP contribution in [0.4, 0.5) is 0 Å². The van der Waals surface area contributed by atoms with Crippen LogP contribution in [0.1, 0.15) is 107 Å². The van der Waals surface area contributed by atoms with E-state index < -0.39 is 17.3 Å². The van der Waals surface area contributed by atoms with Crippen LogP contribution in [0.3, 0.4) is 0 Å². The van der Waals surface area contributed by atoms with Crippen LogP contribution >= 0.6 is 0 Å². The lowest BCUT2D eigenvalue weighted by Gasteiger charge is -2.70. The van der Waals surface area contributed by atoms with E-state index in [1.165, 1.54) is 0 Å². The molecule has 4 N–H and O–H groups in total. The highest BCUT2D eigenvalue weighted by atomic mass is 16.3. The predicted molar refractivity (Wildman–Crippen MR) is 137 cm³/mol. The fourth-order valence-electron chi connectivity index (χ4n) is 10.2. The quantitative estimate of drug-likeness (QED) is 0.406. The first-order valence-corrected chi connectivity index (χ1v) is 13.9. The highest BCUT2D eigenvalue weighted by molar-refractivity contribution is 5.20. The molecule has 4 nitrogen and oxygen atoms in total. The summed E-state index contributed by atoms with van der Waals surface area (Å²) in [6.07, 6.45) is 10.5. The zero-order valence-corrected chi connectivity index (χ0v) is 23.1. The van der Waals surface area contributed by atoms with Crippen LogP contribution in [-0.2, 0) is 0 Å². The Kier molecular flexibility index (Phi) is 6.30. The van der Waals surface area contributed by atoms with E-state index in [4.69, 9.17) is 0 Å². The number of rotatable bonds is 4. The molecule has 4 saturated carbocycles. The Morgan fingerprint density at radius 2 is 1.44 bits per heavy atom. The highest BCUT2D eigenvalue weighted by Gasteiger charge is 2.71. The van der Waals surface area contributed by atoms with Gasteiger partial charge in [0.05, 0.1) is 23.4 Å². The van der Waals surface area contributed by atoms with Gasteiger partial charge in [0.15, 0.2) is 0 Å². The van der Waals surface area contributed by atoms with Gasteiger partial charge in [-0.25, -0.2) is 0 Å². The second-order valence-corrected chi connectivity index (χ2v) is 15.0. The van der Waals surface area contributed by atoms with Crippen LogP contribution in [0.25, 0.3) is 0 Å². The van der Waals surface area contributed by atoms with Gasteiger partial charge in [-0.2, -0.15) is 0 Å². The van der Waals surface area contributed by atoms with Crippen molar-refractivity contribution in [2.24, 2.45) is 45.3 Å². The van der Waals surface area contributed by atoms with Crippen molar-refractivity contribution in [3.05, 3.63) is 12.2 Å². The third kappa shape index (κ3) is 3.76. The summed E-state index contributed by atoms with van der Waals surface area (Å²) in [5.41, 5.74) is -1.66. The summed E-state index contributed by atoms with van der Waals surface area (Å²) >= 11 is 0. The van der Waals surface area contributed by atoms with Crippen molar-refractivity contribution in [1.29, 1.82) is 0 Å². The second kappa shape index (κ2) is 8.04. The van der Waals surface area contributed by atoms with E-state index in [-0.39, 0.29) is 39.6 Å². The maximum Gasteiger partial charge on any atom is 0.0771 e. The lowest BCUT2D eigenvalue weighted by molar-refractivity contribution is -0.246. The first kappa shape index (κ1) is 26.6. The second-order valence-electron chi connectivity index (χ2n) is 15.0. The lowest BCUT2D eigenvalue weighted by atomic mass is 9.35. The molecular formula is C30H52O4. The number of aliphatic hydroxyl groups is 4. The van der Waals surface area contributed by atoms with E-state index in [0.29, 0.717) is 18.3 Å². The average molecular weight is 477 g/mol. The van der Waals surface area contributed by atoms with Gasteiger partial charge in [0.25, 0.3) is 0 Å². The van der Waals surface area contributed by atoms with Crippen LogP contribution in [0.15, 0.2) is 12.2 Å². The van der Waals surface area contributed by atoms with E-state index in [9.17, 15) is 20.4 Å². The molecule has 0 bridgehead atoms. The molecule has 0 spiro atoms. The SMILES string of the molecule is CC(C)(O)C=CC[C@](C)(O)[C@H]1CC[C@@]2(C)[C@H]1[C@H](O)C[C@@H]1[C@@]3(C)CC[C@@H](O)C(C)(C)C3CC[C@]12C. The Morgan fingerprint density at radius 3 is 2.06 bits per heavy atom. The molecule has 4 aliphatic rings. The number of aliphatic hydroxyl groups excluding tert-OH is 2. The van der Waals surface area contributed by atoms with Crippen molar-refractivity contribution in [3.63, 3.8) is 0 Å². The average Bonchev–Trinajstić information content (AvgIpc) is 3.07. The molecule has 0 aliphatic heterocycles. The zero-order valence-electron chi connectivity index (χ0n) is 23.1. The van der Waals surface area contributed by atoms with E-state index >= 15 is 0 Å². The monoisotopic (exact) mass is 476 g/mol. The van der Waals surface area contributed by atoms with Gasteiger partial charge in [0.2, 0.25) is 0 Å². The number of fused-ring (bicyclic) bond motifs is 5. The molecule has 4 heteroatoms. The Hall–Kier alpha value is -0.420. The molecule has 34 heavy (non-hydrogen) atoms. The van der Waals surface area contributed by atoms with Crippen molar-refractivity contribution in [2.75, 3.05) is 0 Å². The Labute approximate surface area is 208 Å². The molecule has 4 aliphatic carbocycles. The summed E-state index contributed by atoms with van der Waals surface area (Å²) in [5, 5.41) is 44.3. The van der Waals surface area contributed by atoms with E-state index in [2.05, 4.69) is 34.6 Å². The van der Waals surface area contributed by atoms with E-state index in [1.807, 2.05) is 13.0 Å². The Bertz CT molecular complexity index is 809. The normalized spacial score (nSPS) is 50.4. The zero-order chi connectivity index (χ0) is 25.5. The first-order chi connectivity index (χ1) is 15.4. The number of hydrogen-bond donors (Lipinski definition) is 4. The van der Waals surface area contributed by atoms with Gasteiger partial charge in [-0.05, 0) is 117 Å². The molecule has 0 heterocycles. The van der Waals surface area contributed by atoms with Gasteiger partial charge >= 0.3 is 0 Å². The van der Waals surface area contributed by atoms with Gasteiger partial charge < -0.3 is 20.4 Å². The minimum atomic E-state index is -0.910. The predicted octanol–water partition coefficient (Wildman–Crippen LogP) is 5.47. The van der Waals surface area contributed by atoms with Crippen molar-refractivity contribution in [3.8, 4) is 0 Å². The molecule has 0 aromatic rings. The fourth-order valence-corrected chi connectivity index (χ4v) is 10.2.